The van der Waals surface area contributed by atoms with Crippen molar-refractivity contribution in [1.82, 2.24) is 25.1 Å². The molecule has 1 fully saturated rings. The number of ether oxygens (including phenoxy) is 1. The van der Waals surface area contributed by atoms with E-state index in [1.807, 2.05) is 91.0 Å². The maximum atomic E-state index is 12.3. The lowest BCUT2D eigenvalue weighted by Crippen LogP contribution is -2.50. The standard InChI is InChI=1S/C34H39N6O7P/c35-32-31-26(39-40(33(31)37-22-36-32)30-20-27(42)28(21-41)46-30)18-10-11-19-29(47-48(43,44)45)38-34(23-12-4-1-5-13-23,24-14-6-2-7-15-24)25-16-8-3-9-17-25/h1-9,12-17,22,27-30,38,41-42H,10-11,18-21H2,(H2,35,36,37)(H2,43,44,45)/t27-,28+,29?,30-/m0/s1. The van der Waals surface area contributed by atoms with Gasteiger partial charge in [-0.1, -0.05) is 91.0 Å². The molecule has 4 atom stereocenters. The van der Waals surface area contributed by atoms with Gasteiger partial charge in [-0.15, -0.1) is 0 Å². The summed E-state index contributed by atoms with van der Waals surface area (Å²) in [4.78, 5) is 28.5. The molecular formula is C34H39N6O7P. The maximum Gasteiger partial charge on any atom is 0.471 e. The Bertz CT molecular complexity index is 1740. The summed E-state index contributed by atoms with van der Waals surface area (Å²) < 4.78 is 25.2. The molecule has 1 aliphatic rings. The van der Waals surface area contributed by atoms with E-state index in [0.717, 1.165) is 16.7 Å². The van der Waals surface area contributed by atoms with Gasteiger partial charge in [0.25, 0.3) is 0 Å². The van der Waals surface area contributed by atoms with Crippen LogP contribution < -0.4 is 11.1 Å². The molecule has 6 rings (SSSR count). The fourth-order valence-electron chi connectivity index (χ4n) is 6.47. The molecule has 0 radical (unpaired) electrons. The number of nitrogens with one attached hydrogen (secondary N) is 1. The zero-order valence-corrected chi connectivity index (χ0v) is 27.0. The summed E-state index contributed by atoms with van der Waals surface area (Å²) in [5.41, 5.74) is 8.94. The molecule has 7 N–H and O–H groups in total. The van der Waals surface area contributed by atoms with Crippen LogP contribution in [0.15, 0.2) is 97.3 Å². The first-order chi connectivity index (χ1) is 23.2. The van der Waals surface area contributed by atoms with Crippen LogP contribution in [0.5, 0.6) is 0 Å². The van der Waals surface area contributed by atoms with Gasteiger partial charge in [0, 0.05) is 6.42 Å². The number of aromatic nitrogens is 4. The van der Waals surface area contributed by atoms with Crippen molar-refractivity contribution in [2.24, 2.45) is 0 Å². The van der Waals surface area contributed by atoms with Gasteiger partial charge in [0.2, 0.25) is 0 Å². The van der Waals surface area contributed by atoms with Crippen molar-refractivity contribution in [2.75, 3.05) is 12.3 Å². The molecule has 1 saturated heterocycles. The molecule has 3 heterocycles. The van der Waals surface area contributed by atoms with Gasteiger partial charge in [-0.3, -0.25) is 9.84 Å². The van der Waals surface area contributed by atoms with E-state index in [4.69, 9.17) is 20.1 Å². The van der Waals surface area contributed by atoms with E-state index in [-0.39, 0.29) is 25.3 Å². The van der Waals surface area contributed by atoms with Gasteiger partial charge in [-0.2, -0.15) is 5.10 Å². The van der Waals surface area contributed by atoms with Crippen molar-refractivity contribution >= 4 is 24.7 Å². The minimum Gasteiger partial charge on any atom is -0.394 e. The number of nitrogen functional groups attached to an aromatic ring is 1. The Morgan fingerprint density at radius 2 is 1.54 bits per heavy atom. The summed E-state index contributed by atoms with van der Waals surface area (Å²) in [5.74, 6) is 0.251. The summed E-state index contributed by atoms with van der Waals surface area (Å²) in [6.07, 6.45) is 0.0370. The van der Waals surface area contributed by atoms with Crippen molar-refractivity contribution in [3.8, 4) is 0 Å². The van der Waals surface area contributed by atoms with Gasteiger partial charge in [-0.25, -0.2) is 19.2 Å². The first-order valence-electron chi connectivity index (χ1n) is 15.8. The normalized spacial score (nSPS) is 19.1. The average Bonchev–Trinajstić information content (AvgIpc) is 3.66. The van der Waals surface area contributed by atoms with E-state index in [0.29, 0.717) is 36.0 Å². The first-order valence-corrected chi connectivity index (χ1v) is 17.3. The summed E-state index contributed by atoms with van der Waals surface area (Å²) in [6.45, 7) is -0.327. The number of benzene rings is 3. The fraction of sp³-hybridized carbons (Fsp3) is 0.324. The Balaban J connectivity index is 1.27. The highest BCUT2D eigenvalue weighted by Gasteiger charge is 2.40. The molecule has 252 valence electrons. The van der Waals surface area contributed by atoms with Gasteiger partial charge in [0.1, 0.15) is 24.5 Å². The van der Waals surface area contributed by atoms with E-state index in [1.54, 1.807) is 4.68 Å². The Morgan fingerprint density at radius 1 is 0.958 bits per heavy atom. The molecule has 5 aromatic rings. The van der Waals surface area contributed by atoms with Crippen LogP contribution in [-0.4, -0.2) is 64.8 Å². The zero-order valence-electron chi connectivity index (χ0n) is 26.1. The monoisotopic (exact) mass is 674 g/mol. The quantitative estimate of drug-likeness (QED) is 0.0432. The highest BCUT2D eigenvalue weighted by atomic mass is 31.2. The molecule has 0 spiro atoms. The number of fused-ring (bicyclic) bond motifs is 1. The SMILES string of the molecule is Nc1ncnc2c1c(CCCCC(NC(c1ccccc1)(c1ccccc1)c1ccccc1)OP(=O)(O)O)nn2[C@@H]1C[C@H](O)[C@@H](CO)O1. The molecule has 14 heteroatoms. The summed E-state index contributed by atoms with van der Waals surface area (Å²) >= 11 is 0. The maximum absolute atomic E-state index is 12.3. The van der Waals surface area contributed by atoms with Crippen LogP contribution in [-0.2, 0) is 25.8 Å². The van der Waals surface area contributed by atoms with Crippen molar-refractivity contribution in [2.45, 2.75) is 62.3 Å². The minimum atomic E-state index is -4.91. The molecule has 1 aliphatic heterocycles. The number of aliphatic hydroxyl groups excluding tert-OH is 2. The van der Waals surface area contributed by atoms with Crippen molar-refractivity contribution in [1.29, 1.82) is 0 Å². The number of nitrogens with zero attached hydrogens (tertiary/aromatic N) is 4. The second-order valence-electron chi connectivity index (χ2n) is 11.8. The van der Waals surface area contributed by atoms with Gasteiger partial charge in [-0.05, 0) is 42.4 Å². The van der Waals surface area contributed by atoms with Crippen molar-refractivity contribution in [3.05, 3.63) is 120 Å². The number of hydrogen-bond donors (Lipinski definition) is 6. The molecule has 48 heavy (non-hydrogen) atoms. The summed E-state index contributed by atoms with van der Waals surface area (Å²) in [7, 11) is -4.91. The molecule has 2 aromatic heterocycles. The van der Waals surface area contributed by atoms with Crippen LogP contribution in [0.4, 0.5) is 5.82 Å². The number of aryl methyl sites for hydroxylation is 1. The third kappa shape index (κ3) is 7.19. The minimum absolute atomic E-state index is 0.227. The van der Waals surface area contributed by atoms with Gasteiger partial charge >= 0.3 is 7.82 Å². The Labute approximate surface area is 277 Å². The predicted octanol–water partition coefficient (Wildman–Crippen LogP) is 3.78. The number of phosphoric ester groups is 1. The fourth-order valence-corrected chi connectivity index (χ4v) is 6.96. The molecule has 3 aromatic carbocycles. The lowest BCUT2D eigenvalue weighted by molar-refractivity contribution is -0.0471. The average molecular weight is 675 g/mol. The number of nitrogens with two attached hydrogens (primary N) is 1. The zero-order chi connectivity index (χ0) is 33.7. The Kier molecular flexibility index (Phi) is 10.3. The van der Waals surface area contributed by atoms with E-state index >= 15 is 0 Å². The van der Waals surface area contributed by atoms with E-state index in [1.165, 1.54) is 6.33 Å². The van der Waals surface area contributed by atoms with Gasteiger partial charge < -0.3 is 30.5 Å². The topological polar surface area (TPSA) is 198 Å². The predicted molar refractivity (Wildman–Crippen MR) is 178 cm³/mol. The second kappa shape index (κ2) is 14.6. The lowest BCUT2D eigenvalue weighted by Gasteiger charge is -2.40. The van der Waals surface area contributed by atoms with Gasteiger partial charge in [0.05, 0.1) is 29.3 Å². The number of aliphatic hydroxyl groups is 2. The third-order valence-electron chi connectivity index (χ3n) is 8.64. The van der Waals surface area contributed by atoms with Crippen LogP contribution in [0, 0.1) is 0 Å². The number of unbranched alkanes of at least 4 members (excludes halogenated alkanes) is 1. The third-order valence-corrected chi connectivity index (χ3v) is 9.17. The number of phosphoric acid groups is 1. The van der Waals surface area contributed by atoms with Crippen LogP contribution in [0.25, 0.3) is 11.0 Å². The summed E-state index contributed by atoms with van der Waals surface area (Å²) in [5, 5.41) is 28.7. The molecular weight excluding hydrogens is 635 g/mol. The number of hydrogen-bond acceptors (Lipinski definition) is 10. The summed E-state index contributed by atoms with van der Waals surface area (Å²) in [6, 6.07) is 29.2. The van der Waals surface area contributed by atoms with E-state index < -0.39 is 38.0 Å². The van der Waals surface area contributed by atoms with Crippen molar-refractivity contribution < 1.29 is 33.8 Å². The van der Waals surface area contributed by atoms with E-state index in [2.05, 4.69) is 15.3 Å². The van der Waals surface area contributed by atoms with Gasteiger partial charge in [0.15, 0.2) is 11.9 Å². The largest absolute Gasteiger partial charge is 0.471 e. The lowest BCUT2D eigenvalue weighted by atomic mass is 9.76. The van der Waals surface area contributed by atoms with Crippen LogP contribution in [0.2, 0.25) is 0 Å². The Morgan fingerprint density at radius 3 is 2.06 bits per heavy atom. The van der Waals surface area contributed by atoms with Crippen LogP contribution in [0.1, 0.15) is 54.3 Å². The Hall–Kier alpha value is -4.04. The molecule has 13 nitrogen and oxygen atoms in total. The molecule has 0 bridgehead atoms. The van der Waals surface area contributed by atoms with Crippen molar-refractivity contribution in [3.63, 3.8) is 0 Å². The van der Waals surface area contributed by atoms with E-state index in [9.17, 15) is 24.6 Å². The second-order valence-corrected chi connectivity index (χ2v) is 13.0. The highest BCUT2D eigenvalue weighted by Crippen LogP contribution is 2.42. The molecule has 0 aliphatic carbocycles. The number of rotatable bonds is 14. The molecule has 0 amide bonds. The molecule has 1 unspecified atom stereocenters. The smallest absolute Gasteiger partial charge is 0.394 e. The first kappa shape index (κ1) is 33.8. The highest BCUT2D eigenvalue weighted by molar-refractivity contribution is 7.46. The number of anilines is 1. The van der Waals surface area contributed by atoms with Crippen LogP contribution in [0.3, 0.4) is 0 Å². The van der Waals surface area contributed by atoms with Crippen LogP contribution >= 0.6 is 7.82 Å². The molecule has 0 saturated carbocycles.